The van der Waals surface area contributed by atoms with Crippen molar-refractivity contribution in [2.24, 2.45) is 0 Å². The molecule has 9 heteroatoms. The molecule has 2 aromatic heterocycles. The number of rotatable bonds is 8. The molecular formula is C26H26N4O4S. The van der Waals surface area contributed by atoms with Crippen LogP contribution in [-0.4, -0.2) is 40.0 Å². The first kappa shape index (κ1) is 24.2. The van der Waals surface area contributed by atoms with Crippen LogP contribution in [0.1, 0.15) is 35.1 Å². The molecule has 0 aliphatic rings. The normalized spacial score (nSPS) is 11.7. The van der Waals surface area contributed by atoms with Crippen molar-refractivity contribution in [1.29, 1.82) is 0 Å². The number of benzene rings is 2. The Bertz CT molecular complexity index is 1310. The van der Waals surface area contributed by atoms with Crippen LogP contribution in [0, 0.1) is 13.8 Å². The maximum absolute atomic E-state index is 12.8. The van der Waals surface area contributed by atoms with Gasteiger partial charge >= 0.3 is 5.97 Å². The van der Waals surface area contributed by atoms with Gasteiger partial charge in [0, 0.05) is 22.2 Å². The van der Waals surface area contributed by atoms with E-state index in [9.17, 15) is 9.59 Å². The number of aromatic nitrogens is 3. The molecule has 2 heterocycles. The lowest BCUT2D eigenvalue weighted by Crippen LogP contribution is -2.32. The van der Waals surface area contributed by atoms with Crippen molar-refractivity contribution in [3.05, 3.63) is 70.9 Å². The number of aromatic amines is 1. The Labute approximate surface area is 207 Å². The van der Waals surface area contributed by atoms with Crippen LogP contribution in [0.3, 0.4) is 0 Å². The number of amides is 1. The van der Waals surface area contributed by atoms with Crippen LogP contribution in [0.4, 0.5) is 5.13 Å². The van der Waals surface area contributed by atoms with Crippen LogP contribution in [0.5, 0.6) is 5.75 Å². The predicted molar refractivity (Wildman–Crippen MR) is 136 cm³/mol. The molecule has 0 radical (unpaired) electrons. The highest BCUT2D eigenvalue weighted by atomic mass is 32.1. The van der Waals surface area contributed by atoms with E-state index in [0.717, 1.165) is 39.8 Å². The van der Waals surface area contributed by atoms with Gasteiger partial charge in [0.05, 0.1) is 24.1 Å². The van der Waals surface area contributed by atoms with Crippen LogP contribution >= 0.6 is 11.3 Å². The fraction of sp³-hybridized carbons (Fsp3) is 0.231. The number of H-pyrrole nitrogens is 1. The second kappa shape index (κ2) is 10.5. The number of esters is 1. The number of aryl methyl sites for hydroxylation is 2. The minimum Gasteiger partial charge on any atom is -0.497 e. The molecule has 2 N–H and O–H groups in total. The van der Waals surface area contributed by atoms with Crippen molar-refractivity contribution >= 4 is 28.3 Å². The Balaban J connectivity index is 1.38. The Morgan fingerprint density at radius 3 is 2.31 bits per heavy atom. The van der Waals surface area contributed by atoms with Crippen molar-refractivity contribution in [2.75, 3.05) is 12.4 Å². The van der Waals surface area contributed by atoms with E-state index in [0.29, 0.717) is 17.1 Å². The Morgan fingerprint density at radius 2 is 1.71 bits per heavy atom. The second-order valence-electron chi connectivity index (χ2n) is 7.93. The monoisotopic (exact) mass is 490 g/mol. The SMILES string of the molecule is CCC(OC(=O)c1ccc(-c2nc(C)c(C)[nH]2)cc1)C(=O)Nc1nc(-c2ccc(OC)cc2)cs1. The summed E-state index contributed by atoms with van der Waals surface area (Å²) >= 11 is 1.30. The zero-order chi connectivity index (χ0) is 24.9. The van der Waals surface area contributed by atoms with Gasteiger partial charge in [0.15, 0.2) is 11.2 Å². The first-order valence-electron chi connectivity index (χ1n) is 11.1. The number of nitrogens with zero attached hydrogens (tertiary/aromatic N) is 2. The lowest BCUT2D eigenvalue weighted by molar-refractivity contribution is -0.124. The fourth-order valence-electron chi connectivity index (χ4n) is 3.38. The standard InChI is InChI=1S/C26H26N4O4S/c1-5-22(24(31)30-26-29-21(14-35-26)17-10-12-20(33-4)13-11-17)34-25(32)19-8-6-18(7-9-19)23-27-15(2)16(3)28-23/h6-14,22H,5H2,1-4H3,(H,27,28)(H,29,30,31). The van der Waals surface area contributed by atoms with Crippen molar-refractivity contribution in [3.8, 4) is 28.4 Å². The summed E-state index contributed by atoms with van der Waals surface area (Å²) in [7, 11) is 1.61. The molecule has 1 atom stereocenters. The van der Waals surface area contributed by atoms with Crippen LogP contribution in [0.2, 0.25) is 0 Å². The van der Waals surface area contributed by atoms with Crippen molar-refractivity contribution < 1.29 is 19.1 Å². The number of nitrogens with one attached hydrogen (secondary N) is 2. The molecule has 2 aromatic carbocycles. The van der Waals surface area contributed by atoms with Crippen LogP contribution < -0.4 is 10.1 Å². The molecule has 4 aromatic rings. The van der Waals surface area contributed by atoms with E-state index >= 15 is 0 Å². The smallest absolute Gasteiger partial charge is 0.338 e. The van der Waals surface area contributed by atoms with Gasteiger partial charge in [-0.3, -0.25) is 10.1 Å². The number of thiazole rings is 1. The number of carbonyl (C=O) groups is 2. The maximum atomic E-state index is 12.8. The maximum Gasteiger partial charge on any atom is 0.338 e. The van der Waals surface area contributed by atoms with Crippen LogP contribution in [0.25, 0.3) is 22.6 Å². The number of hydrogen-bond acceptors (Lipinski definition) is 7. The summed E-state index contributed by atoms with van der Waals surface area (Å²) in [4.78, 5) is 37.6. The van der Waals surface area contributed by atoms with Gasteiger partial charge in [-0.25, -0.2) is 14.8 Å². The van der Waals surface area contributed by atoms with Gasteiger partial charge in [-0.1, -0.05) is 19.1 Å². The van der Waals surface area contributed by atoms with Gasteiger partial charge in [0.2, 0.25) is 0 Å². The van der Waals surface area contributed by atoms with E-state index in [4.69, 9.17) is 9.47 Å². The molecular weight excluding hydrogens is 464 g/mol. The third kappa shape index (κ3) is 5.58. The number of methoxy groups -OCH3 is 1. The van der Waals surface area contributed by atoms with Gasteiger partial charge in [-0.15, -0.1) is 11.3 Å². The average Bonchev–Trinajstić information content (AvgIpc) is 3.48. The topological polar surface area (TPSA) is 106 Å². The first-order valence-corrected chi connectivity index (χ1v) is 12.0. The second-order valence-corrected chi connectivity index (χ2v) is 8.79. The first-order chi connectivity index (χ1) is 16.9. The quantitative estimate of drug-likeness (QED) is 0.320. The van der Waals surface area contributed by atoms with Gasteiger partial charge in [-0.2, -0.15) is 0 Å². The molecule has 0 saturated heterocycles. The van der Waals surface area contributed by atoms with E-state index in [1.165, 1.54) is 11.3 Å². The molecule has 0 aliphatic heterocycles. The lowest BCUT2D eigenvalue weighted by atomic mass is 10.1. The zero-order valence-corrected chi connectivity index (χ0v) is 20.7. The number of imidazole rings is 1. The van der Waals surface area contributed by atoms with E-state index < -0.39 is 18.0 Å². The summed E-state index contributed by atoms with van der Waals surface area (Å²) in [6.45, 7) is 5.68. The summed E-state index contributed by atoms with van der Waals surface area (Å²) in [5, 5.41) is 5.04. The van der Waals surface area contributed by atoms with E-state index in [2.05, 4.69) is 20.3 Å². The summed E-state index contributed by atoms with van der Waals surface area (Å²) < 4.78 is 10.7. The van der Waals surface area contributed by atoms with Gasteiger partial charge < -0.3 is 14.5 Å². The van der Waals surface area contributed by atoms with Crippen molar-refractivity contribution in [1.82, 2.24) is 15.0 Å². The van der Waals surface area contributed by atoms with Crippen LogP contribution in [0.15, 0.2) is 53.9 Å². The van der Waals surface area contributed by atoms with Crippen LogP contribution in [-0.2, 0) is 9.53 Å². The summed E-state index contributed by atoms with van der Waals surface area (Å²) in [5.41, 5.74) is 4.78. The molecule has 35 heavy (non-hydrogen) atoms. The van der Waals surface area contributed by atoms with Gasteiger partial charge in [0.25, 0.3) is 5.91 Å². The van der Waals surface area contributed by atoms with Crippen molar-refractivity contribution in [2.45, 2.75) is 33.3 Å². The number of ether oxygens (including phenoxy) is 2. The molecule has 1 amide bonds. The highest BCUT2D eigenvalue weighted by Gasteiger charge is 2.23. The lowest BCUT2D eigenvalue weighted by Gasteiger charge is -2.15. The van der Waals surface area contributed by atoms with Crippen molar-refractivity contribution in [3.63, 3.8) is 0 Å². The predicted octanol–water partition coefficient (Wildman–Crippen LogP) is 5.40. The average molecular weight is 491 g/mol. The van der Waals surface area contributed by atoms with Gasteiger partial charge in [-0.05, 0) is 56.7 Å². The minimum absolute atomic E-state index is 0.331. The van der Waals surface area contributed by atoms with Gasteiger partial charge in [0.1, 0.15) is 11.6 Å². The van der Waals surface area contributed by atoms with E-state index in [-0.39, 0.29) is 0 Å². The third-order valence-electron chi connectivity index (χ3n) is 5.55. The summed E-state index contributed by atoms with van der Waals surface area (Å²) in [5.74, 6) is 0.507. The number of anilines is 1. The molecule has 0 aliphatic carbocycles. The Morgan fingerprint density at radius 1 is 1.03 bits per heavy atom. The molecule has 180 valence electrons. The zero-order valence-electron chi connectivity index (χ0n) is 19.9. The highest BCUT2D eigenvalue weighted by Crippen LogP contribution is 2.27. The summed E-state index contributed by atoms with van der Waals surface area (Å²) in [6.07, 6.45) is -0.608. The molecule has 1 unspecified atom stereocenters. The molecule has 0 spiro atoms. The molecule has 0 saturated carbocycles. The molecule has 0 bridgehead atoms. The number of hydrogen-bond donors (Lipinski definition) is 2. The fourth-order valence-corrected chi connectivity index (χ4v) is 4.10. The largest absolute Gasteiger partial charge is 0.497 e. The Hall–Kier alpha value is -3.98. The number of carbonyl (C=O) groups excluding carboxylic acids is 2. The minimum atomic E-state index is -0.939. The molecule has 4 rings (SSSR count). The molecule has 0 fully saturated rings. The highest BCUT2D eigenvalue weighted by molar-refractivity contribution is 7.14. The Kier molecular flexibility index (Phi) is 7.26. The van der Waals surface area contributed by atoms with E-state index in [1.54, 1.807) is 38.3 Å². The molecule has 8 nitrogen and oxygen atoms in total. The summed E-state index contributed by atoms with van der Waals surface area (Å²) in [6, 6.07) is 14.4. The van der Waals surface area contributed by atoms with E-state index in [1.807, 2.05) is 43.5 Å². The third-order valence-corrected chi connectivity index (χ3v) is 6.31.